The Balaban J connectivity index is 1.94. The largest absolute Gasteiger partial charge is 0.372 e. The maximum absolute atomic E-state index is 5.33. The minimum absolute atomic E-state index is 0.507. The normalized spacial score (nSPS) is 16.1. The van der Waals surface area contributed by atoms with Crippen molar-refractivity contribution in [2.75, 3.05) is 13.2 Å². The van der Waals surface area contributed by atoms with Crippen LogP contribution >= 0.6 is 0 Å². The van der Waals surface area contributed by atoms with Crippen molar-refractivity contribution in [2.24, 2.45) is 12.8 Å². The fraction of sp³-hybridized carbons (Fsp3) is 0.778. The molecule has 1 heterocycles. The summed E-state index contributed by atoms with van der Waals surface area (Å²) in [6.07, 6.45) is 2.46. The maximum Gasteiger partial charge on any atom is 0.154 e. The number of nitrogens with zero attached hydrogens (tertiary/aromatic N) is 3. The van der Waals surface area contributed by atoms with Gasteiger partial charge in [0.15, 0.2) is 11.6 Å². The number of nitrogens with two attached hydrogens (primary N) is 1. The second-order valence-corrected chi connectivity index (χ2v) is 3.63. The molecule has 0 atom stereocenters. The molecule has 1 aliphatic rings. The first-order valence-electron chi connectivity index (χ1n) is 4.99. The van der Waals surface area contributed by atoms with Crippen molar-refractivity contribution in [2.45, 2.75) is 25.4 Å². The van der Waals surface area contributed by atoms with Crippen molar-refractivity contribution in [1.82, 2.24) is 14.8 Å². The Hall–Kier alpha value is -0.940. The van der Waals surface area contributed by atoms with Gasteiger partial charge < -0.3 is 10.5 Å². The van der Waals surface area contributed by atoms with Gasteiger partial charge in [0, 0.05) is 19.5 Å². The summed E-state index contributed by atoms with van der Waals surface area (Å²) in [5.41, 5.74) is 5.33. The second kappa shape index (κ2) is 4.06. The molecule has 2 N–H and O–H groups in total. The molecule has 0 unspecified atom stereocenters. The smallest absolute Gasteiger partial charge is 0.154 e. The van der Waals surface area contributed by atoms with E-state index in [2.05, 4.69) is 10.1 Å². The van der Waals surface area contributed by atoms with Crippen molar-refractivity contribution in [1.29, 1.82) is 0 Å². The van der Waals surface area contributed by atoms with Crippen molar-refractivity contribution >= 4 is 0 Å². The van der Waals surface area contributed by atoms with Crippen LogP contribution in [0.15, 0.2) is 0 Å². The highest BCUT2D eigenvalue weighted by Gasteiger charge is 2.28. The molecule has 0 radical (unpaired) electrons. The molecule has 1 aromatic rings. The first-order valence-corrected chi connectivity index (χ1v) is 4.99. The average Bonchev–Trinajstić information content (AvgIpc) is 2.94. The molecule has 0 spiro atoms. The third-order valence-corrected chi connectivity index (χ3v) is 2.31. The third-order valence-electron chi connectivity index (χ3n) is 2.31. The minimum Gasteiger partial charge on any atom is -0.372 e. The molecule has 0 bridgehead atoms. The molecule has 1 aromatic heterocycles. The highest BCUT2D eigenvalue weighted by molar-refractivity contribution is 5.05. The van der Waals surface area contributed by atoms with Gasteiger partial charge in [0.05, 0.1) is 6.61 Å². The van der Waals surface area contributed by atoms with Crippen LogP contribution < -0.4 is 5.73 Å². The standard InChI is InChI=1S/C9H16N4O/c1-13-8(6-14-5-4-10)11-9(12-13)7-2-3-7/h7H,2-6,10H2,1H3. The zero-order valence-corrected chi connectivity index (χ0v) is 8.44. The predicted octanol–water partition coefficient (Wildman–Crippen LogP) is 0.168. The number of aryl methyl sites for hydroxylation is 1. The zero-order chi connectivity index (χ0) is 9.97. The molecule has 5 heteroatoms. The first kappa shape index (κ1) is 9.61. The summed E-state index contributed by atoms with van der Waals surface area (Å²) in [6.45, 7) is 1.63. The molecular weight excluding hydrogens is 180 g/mol. The van der Waals surface area contributed by atoms with E-state index < -0.39 is 0 Å². The van der Waals surface area contributed by atoms with Gasteiger partial charge in [-0.15, -0.1) is 0 Å². The minimum atomic E-state index is 0.507. The van der Waals surface area contributed by atoms with Crippen LogP contribution in [-0.4, -0.2) is 27.9 Å². The zero-order valence-electron chi connectivity index (χ0n) is 8.44. The Kier molecular flexibility index (Phi) is 2.79. The van der Waals surface area contributed by atoms with Crippen LogP contribution in [0.5, 0.6) is 0 Å². The summed E-state index contributed by atoms with van der Waals surface area (Å²) < 4.78 is 7.11. The summed E-state index contributed by atoms with van der Waals surface area (Å²) >= 11 is 0. The Morgan fingerprint density at radius 2 is 2.36 bits per heavy atom. The van der Waals surface area contributed by atoms with E-state index in [9.17, 15) is 0 Å². The van der Waals surface area contributed by atoms with Gasteiger partial charge >= 0.3 is 0 Å². The third kappa shape index (κ3) is 2.10. The molecule has 2 rings (SSSR count). The Morgan fingerprint density at radius 3 is 3.00 bits per heavy atom. The molecule has 1 aliphatic carbocycles. The molecule has 0 aliphatic heterocycles. The quantitative estimate of drug-likeness (QED) is 0.682. The van der Waals surface area contributed by atoms with E-state index in [-0.39, 0.29) is 0 Å². The van der Waals surface area contributed by atoms with Gasteiger partial charge in [0.1, 0.15) is 6.61 Å². The molecule has 1 fully saturated rings. The summed E-state index contributed by atoms with van der Waals surface area (Å²) in [7, 11) is 1.90. The van der Waals surface area contributed by atoms with Gasteiger partial charge in [-0.1, -0.05) is 0 Å². The van der Waals surface area contributed by atoms with Crippen molar-refractivity contribution in [3.8, 4) is 0 Å². The summed E-state index contributed by atoms with van der Waals surface area (Å²) in [4.78, 5) is 4.43. The van der Waals surface area contributed by atoms with E-state index in [0.717, 1.165) is 11.6 Å². The molecule has 78 valence electrons. The number of aromatic nitrogens is 3. The molecule has 0 aromatic carbocycles. The van der Waals surface area contributed by atoms with E-state index in [1.807, 2.05) is 7.05 Å². The summed E-state index contributed by atoms with van der Waals surface area (Å²) in [5, 5.41) is 4.35. The monoisotopic (exact) mass is 196 g/mol. The topological polar surface area (TPSA) is 66.0 Å². The highest BCUT2D eigenvalue weighted by atomic mass is 16.5. The van der Waals surface area contributed by atoms with Crippen LogP contribution in [0.25, 0.3) is 0 Å². The van der Waals surface area contributed by atoms with Gasteiger partial charge in [-0.2, -0.15) is 5.10 Å². The lowest BCUT2D eigenvalue weighted by Gasteiger charge is -2.00. The van der Waals surface area contributed by atoms with Crippen LogP contribution in [0.2, 0.25) is 0 Å². The number of hydrogen-bond acceptors (Lipinski definition) is 4. The van der Waals surface area contributed by atoms with E-state index in [4.69, 9.17) is 10.5 Å². The lowest BCUT2D eigenvalue weighted by molar-refractivity contribution is 0.120. The number of hydrogen-bond donors (Lipinski definition) is 1. The fourth-order valence-corrected chi connectivity index (χ4v) is 1.33. The van der Waals surface area contributed by atoms with E-state index in [0.29, 0.717) is 25.7 Å². The van der Waals surface area contributed by atoms with Crippen LogP contribution in [0.3, 0.4) is 0 Å². The van der Waals surface area contributed by atoms with Crippen molar-refractivity contribution < 1.29 is 4.74 Å². The van der Waals surface area contributed by atoms with Gasteiger partial charge in [-0.05, 0) is 12.8 Å². The Labute approximate surface area is 83.3 Å². The van der Waals surface area contributed by atoms with Gasteiger partial charge in [-0.25, -0.2) is 4.98 Å². The lowest BCUT2D eigenvalue weighted by Crippen LogP contribution is -2.10. The lowest BCUT2D eigenvalue weighted by atomic mass is 10.4. The fourth-order valence-electron chi connectivity index (χ4n) is 1.33. The van der Waals surface area contributed by atoms with Crippen molar-refractivity contribution in [3.05, 3.63) is 11.6 Å². The Bertz CT molecular complexity index is 306. The van der Waals surface area contributed by atoms with Gasteiger partial charge in [0.2, 0.25) is 0 Å². The summed E-state index contributed by atoms with van der Waals surface area (Å²) in [5.74, 6) is 2.46. The van der Waals surface area contributed by atoms with Crippen molar-refractivity contribution in [3.63, 3.8) is 0 Å². The number of ether oxygens (including phenoxy) is 1. The number of rotatable bonds is 5. The maximum atomic E-state index is 5.33. The molecule has 1 saturated carbocycles. The van der Waals surface area contributed by atoms with E-state index in [1.165, 1.54) is 12.8 Å². The average molecular weight is 196 g/mol. The Morgan fingerprint density at radius 1 is 1.57 bits per heavy atom. The van der Waals surface area contributed by atoms with E-state index >= 15 is 0 Å². The van der Waals surface area contributed by atoms with E-state index in [1.54, 1.807) is 4.68 Å². The molecule has 0 saturated heterocycles. The predicted molar refractivity (Wildman–Crippen MR) is 51.7 cm³/mol. The molecule has 0 amide bonds. The highest BCUT2D eigenvalue weighted by Crippen LogP contribution is 2.37. The van der Waals surface area contributed by atoms with Crippen LogP contribution in [0.1, 0.15) is 30.4 Å². The molecule has 5 nitrogen and oxygen atoms in total. The van der Waals surface area contributed by atoms with Crippen LogP contribution in [0, 0.1) is 0 Å². The van der Waals surface area contributed by atoms with Gasteiger partial charge in [-0.3, -0.25) is 4.68 Å². The van der Waals surface area contributed by atoms with Crippen LogP contribution in [-0.2, 0) is 18.4 Å². The molecular formula is C9H16N4O. The second-order valence-electron chi connectivity index (χ2n) is 3.63. The van der Waals surface area contributed by atoms with Crippen LogP contribution in [0.4, 0.5) is 0 Å². The summed E-state index contributed by atoms with van der Waals surface area (Å²) in [6, 6.07) is 0. The molecule has 14 heavy (non-hydrogen) atoms. The first-order chi connectivity index (χ1) is 6.81. The van der Waals surface area contributed by atoms with Gasteiger partial charge in [0.25, 0.3) is 0 Å². The SMILES string of the molecule is Cn1nc(C2CC2)nc1COCCN.